The summed E-state index contributed by atoms with van der Waals surface area (Å²) in [6, 6.07) is 0. The lowest BCUT2D eigenvalue weighted by molar-refractivity contribution is -0.187. The third kappa shape index (κ3) is 3.58. The van der Waals surface area contributed by atoms with Crippen molar-refractivity contribution in [1.29, 1.82) is 0 Å². The molecule has 5 aliphatic rings. The number of ether oxygens (including phenoxy) is 1. The molecule has 0 aromatic rings. The van der Waals surface area contributed by atoms with Gasteiger partial charge < -0.3 is 15.2 Å². The van der Waals surface area contributed by atoms with Crippen molar-refractivity contribution in [2.45, 2.75) is 104 Å². The molecule has 32 heavy (non-hydrogen) atoms. The van der Waals surface area contributed by atoms with E-state index in [0.29, 0.717) is 16.2 Å². The number of carbonyl (C=O) groups is 1. The maximum absolute atomic E-state index is 11.5. The highest BCUT2D eigenvalue weighted by Crippen LogP contribution is 2.71. The van der Waals surface area contributed by atoms with Crippen LogP contribution in [-0.2, 0) is 9.53 Å². The number of nitrogens with one attached hydrogen (secondary N) is 1. The molecule has 5 aliphatic carbocycles. The lowest BCUT2D eigenvalue weighted by Crippen LogP contribution is -2.60. The Morgan fingerprint density at radius 1 is 0.969 bits per heavy atom. The maximum atomic E-state index is 11.5. The summed E-state index contributed by atoms with van der Waals surface area (Å²) >= 11 is 0. The van der Waals surface area contributed by atoms with Gasteiger partial charge in [-0.25, -0.2) is 0 Å². The summed E-state index contributed by atoms with van der Waals surface area (Å²) in [4.78, 5) is 11.5. The molecule has 0 saturated heterocycles. The zero-order chi connectivity index (χ0) is 22.6. The fraction of sp³-hybridized carbons (Fsp3) is 0.964. The summed E-state index contributed by atoms with van der Waals surface area (Å²) < 4.78 is 5.67. The van der Waals surface area contributed by atoms with Crippen LogP contribution in [0.15, 0.2) is 0 Å². The second-order valence-corrected chi connectivity index (χ2v) is 13.0. The lowest BCUT2D eigenvalue weighted by Gasteiger charge is -2.67. The molecule has 2 N–H and O–H groups in total. The second-order valence-electron chi connectivity index (χ2n) is 13.0. The number of esters is 1. The van der Waals surface area contributed by atoms with Crippen molar-refractivity contribution in [3.63, 3.8) is 0 Å². The highest BCUT2D eigenvalue weighted by molar-refractivity contribution is 5.66. The highest BCUT2D eigenvalue weighted by Gasteiger charge is 2.63. The number of hydrogen-bond donors (Lipinski definition) is 2. The average Bonchev–Trinajstić information content (AvgIpc) is 3.18. The highest BCUT2D eigenvalue weighted by atomic mass is 16.5. The van der Waals surface area contributed by atoms with E-state index in [-0.39, 0.29) is 18.7 Å². The van der Waals surface area contributed by atoms with Crippen LogP contribution in [0, 0.1) is 45.8 Å². The summed E-state index contributed by atoms with van der Waals surface area (Å²) in [5.74, 6) is 4.19. The molecule has 9 unspecified atom stereocenters. The van der Waals surface area contributed by atoms with Gasteiger partial charge in [-0.3, -0.25) is 4.79 Å². The molecule has 0 bridgehead atoms. The Hall–Kier alpha value is -0.610. The molecule has 0 spiro atoms. The van der Waals surface area contributed by atoms with Crippen molar-refractivity contribution < 1.29 is 14.6 Å². The summed E-state index contributed by atoms with van der Waals surface area (Å²) in [5.41, 5.74) is 1.43. The minimum atomic E-state index is -0.101. The molecule has 0 amide bonds. The van der Waals surface area contributed by atoms with Gasteiger partial charge in [0.05, 0.1) is 6.61 Å². The third-order valence-corrected chi connectivity index (χ3v) is 11.8. The Balaban J connectivity index is 1.34. The quantitative estimate of drug-likeness (QED) is 0.444. The van der Waals surface area contributed by atoms with Crippen molar-refractivity contribution in [3.05, 3.63) is 0 Å². The molecule has 5 rings (SSSR count). The van der Waals surface area contributed by atoms with E-state index < -0.39 is 0 Å². The van der Waals surface area contributed by atoms with Crippen LogP contribution in [0.3, 0.4) is 0 Å². The first kappa shape index (κ1) is 23.1. The van der Waals surface area contributed by atoms with Crippen LogP contribution >= 0.6 is 0 Å². The van der Waals surface area contributed by atoms with Gasteiger partial charge in [-0.15, -0.1) is 0 Å². The van der Waals surface area contributed by atoms with Crippen LogP contribution in [0.25, 0.3) is 0 Å². The van der Waals surface area contributed by atoms with E-state index >= 15 is 0 Å². The van der Waals surface area contributed by atoms with Crippen molar-refractivity contribution in [2.75, 3.05) is 19.7 Å². The van der Waals surface area contributed by atoms with Gasteiger partial charge in [0.15, 0.2) is 0 Å². The molecule has 4 heteroatoms. The molecule has 5 fully saturated rings. The van der Waals surface area contributed by atoms with Gasteiger partial charge in [-0.2, -0.15) is 0 Å². The largest absolute Gasteiger partial charge is 0.463 e. The Kier molecular flexibility index (Phi) is 6.19. The standard InChI is InChI=1S/C28H47NO3/c1-19(31)32-21-9-13-26(2)20(17-21)8-12-27(3)23-10-14-28(18-29-15-16-30)11-4-5-24(28)22(23)6-7-25(26)27/h20-25,29-30H,4-18H2,1-3H3. The van der Waals surface area contributed by atoms with Gasteiger partial charge in [-0.05, 0) is 116 Å². The molecule has 0 aromatic heterocycles. The Bertz CT molecular complexity index is 711. The topological polar surface area (TPSA) is 58.6 Å². The zero-order valence-corrected chi connectivity index (χ0v) is 20.8. The molecule has 0 aromatic carbocycles. The summed E-state index contributed by atoms with van der Waals surface area (Å²) in [5, 5.41) is 12.9. The zero-order valence-electron chi connectivity index (χ0n) is 20.8. The fourth-order valence-electron chi connectivity index (χ4n) is 10.5. The van der Waals surface area contributed by atoms with E-state index in [9.17, 15) is 9.90 Å². The van der Waals surface area contributed by atoms with Crippen molar-refractivity contribution >= 4 is 5.97 Å². The van der Waals surface area contributed by atoms with E-state index in [0.717, 1.165) is 55.5 Å². The van der Waals surface area contributed by atoms with Gasteiger partial charge in [0.1, 0.15) is 6.10 Å². The summed E-state index contributed by atoms with van der Waals surface area (Å²) in [7, 11) is 0. The van der Waals surface area contributed by atoms with Gasteiger partial charge in [0, 0.05) is 20.0 Å². The van der Waals surface area contributed by atoms with Crippen LogP contribution in [0.5, 0.6) is 0 Å². The van der Waals surface area contributed by atoms with Crippen LogP contribution in [0.2, 0.25) is 0 Å². The second kappa shape index (κ2) is 8.56. The van der Waals surface area contributed by atoms with Crippen molar-refractivity contribution in [2.24, 2.45) is 45.8 Å². The van der Waals surface area contributed by atoms with E-state index in [1.165, 1.54) is 64.2 Å². The van der Waals surface area contributed by atoms with Crippen molar-refractivity contribution in [1.82, 2.24) is 5.32 Å². The monoisotopic (exact) mass is 445 g/mol. The summed E-state index contributed by atoms with van der Waals surface area (Å²) in [6.45, 7) is 9.00. The molecule has 0 radical (unpaired) electrons. The molecule has 4 nitrogen and oxygen atoms in total. The van der Waals surface area contributed by atoms with Gasteiger partial charge in [0.2, 0.25) is 0 Å². The van der Waals surface area contributed by atoms with Crippen LogP contribution in [0.4, 0.5) is 0 Å². The lowest BCUT2D eigenvalue weighted by atomic mass is 9.38. The van der Waals surface area contributed by atoms with E-state index in [2.05, 4.69) is 19.2 Å². The van der Waals surface area contributed by atoms with E-state index in [4.69, 9.17) is 4.74 Å². The molecule has 5 saturated carbocycles. The number of aliphatic hydroxyl groups is 1. The molecular formula is C28H47NO3. The third-order valence-electron chi connectivity index (χ3n) is 11.8. The minimum absolute atomic E-state index is 0.101. The Morgan fingerprint density at radius 3 is 2.56 bits per heavy atom. The minimum Gasteiger partial charge on any atom is -0.463 e. The predicted molar refractivity (Wildman–Crippen MR) is 127 cm³/mol. The van der Waals surface area contributed by atoms with Gasteiger partial charge >= 0.3 is 5.97 Å². The first-order valence-corrected chi connectivity index (χ1v) is 13.8. The van der Waals surface area contributed by atoms with Crippen LogP contribution < -0.4 is 5.32 Å². The molecule has 0 aliphatic heterocycles. The van der Waals surface area contributed by atoms with Crippen LogP contribution in [-0.4, -0.2) is 36.9 Å². The Morgan fingerprint density at radius 2 is 1.78 bits per heavy atom. The molecular weight excluding hydrogens is 398 g/mol. The normalized spacial score (nSPS) is 50.0. The molecule has 0 heterocycles. The number of rotatable bonds is 5. The van der Waals surface area contributed by atoms with E-state index in [1.54, 1.807) is 6.92 Å². The van der Waals surface area contributed by atoms with E-state index in [1.807, 2.05) is 0 Å². The predicted octanol–water partition coefficient (Wildman–Crippen LogP) is 5.33. The number of fused-ring (bicyclic) bond motifs is 7. The average molecular weight is 446 g/mol. The smallest absolute Gasteiger partial charge is 0.302 e. The van der Waals surface area contributed by atoms with Gasteiger partial charge in [-0.1, -0.05) is 20.3 Å². The Labute approximate surface area is 195 Å². The summed E-state index contributed by atoms with van der Waals surface area (Å²) in [6.07, 6.45) is 16.2. The SMILES string of the molecule is CC(=O)OC1CCC2(C)C(CCC3(C)C4CCC5(CNCCO)CCCC5C4CCC23)C1. The number of aliphatic hydroxyl groups excluding tert-OH is 1. The molecule has 182 valence electrons. The molecule has 9 atom stereocenters. The maximum Gasteiger partial charge on any atom is 0.302 e. The van der Waals surface area contributed by atoms with Crippen molar-refractivity contribution in [3.8, 4) is 0 Å². The van der Waals surface area contributed by atoms with Gasteiger partial charge in [0.25, 0.3) is 0 Å². The first-order chi connectivity index (χ1) is 15.3. The number of hydrogen-bond acceptors (Lipinski definition) is 4. The number of carbonyl (C=O) groups excluding carboxylic acids is 1. The first-order valence-electron chi connectivity index (χ1n) is 13.8. The van der Waals surface area contributed by atoms with Crippen LogP contribution in [0.1, 0.15) is 97.8 Å². The fourth-order valence-corrected chi connectivity index (χ4v) is 10.5.